The van der Waals surface area contributed by atoms with E-state index < -0.39 is 0 Å². The van der Waals surface area contributed by atoms with Crippen LogP contribution in [0.1, 0.15) is 33.3 Å². The van der Waals surface area contributed by atoms with Gasteiger partial charge in [-0.15, -0.1) is 0 Å². The predicted octanol–water partition coefficient (Wildman–Crippen LogP) is 6.11. The fraction of sp³-hybridized carbons (Fsp3) is 0.200. The van der Waals surface area contributed by atoms with Gasteiger partial charge in [0.1, 0.15) is 0 Å². The Morgan fingerprint density at radius 2 is 1.45 bits per heavy atom. The summed E-state index contributed by atoms with van der Waals surface area (Å²) >= 11 is 0. The highest BCUT2D eigenvalue weighted by Gasteiger charge is 2.08. The molecule has 0 saturated heterocycles. The number of hydrogen-bond acceptors (Lipinski definition) is 0. The lowest BCUT2D eigenvalue weighted by Gasteiger charge is -2.14. The summed E-state index contributed by atoms with van der Waals surface area (Å²) in [5.74, 6) is 0. The maximum Gasteiger partial charge on any atom is -0.0152 e. The van der Waals surface area contributed by atoms with Gasteiger partial charge in [0.15, 0.2) is 0 Å². The Kier molecular flexibility index (Phi) is 5.99. The average molecular weight is 264 g/mol. The topological polar surface area (TPSA) is 0 Å². The molecule has 0 saturated carbocycles. The third kappa shape index (κ3) is 3.71. The Morgan fingerprint density at radius 1 is 0.850 bits per heavy atom. The highest BCUT2D eigenvalue weighted by Crippen LogP contribution is 2.29. The minimum atomic E-state index is 1.22. The molecule has 0 fully saturated rings. The van der Waals surface area contributed by atoms with Crippen molar-refractivity contribution in [1.29, 1.82) is 0 Å². The van der Waals surface area contributed by atoms with Gasteiger partial charge in [0.2, 0.25) is 0 Å². The van der Waals surface area contributed by atoms with Crippen LogP contribution in [-0.2, 0) is 0 Å². The van der Waals surface area contributed by atoms with E-state index in [4.69, 9.17) is 0 Å². The molecule has 0 N–H and O–H groups in total. The standard InChI is InChI=1S/C20H24/c1-7-12-20(19-13-10-9-11-14-19)18(6)17(5)16(4)15(3)8-2/h7-14H,1-2H2,3-6H3/b16-15+,18-17+,20-12+. The van der Waals surface area contributed by atoms with Crippen LogP contribution in [-0.4, -0.2) is 0 Å². The first kappa shape index (κ1) is 16.0. The first-order valence-electron chi connectivity index (χ1n) is 6.89. The van der Waals surface area contributed by atoms with Crippen molar-refractivity contribution in [2.45, 2.75) is 27.7 Å². The van der Waals surface area contributed by atoms with Crippen LogP contribution in [0.5, 0.6) is 0 Å². The predicted molar refractivity (Wildman–Crippen MR) is 91.6 cm³/mol. The van der Waals surface area contributed by atoms with Crippen LogP contribution in [0.4, 0.5) is 0 Å². The molecule has 0 nitrogen and oxygen atoms in total. The molecule has 0 heterocycles. The first-order chi connectivity index (χ1) is 9.52. The Labute approximate surface area is 123 Å². The zero-order chi connectivity index (χ0) is 15.1. The molecule has 0 spiro atoms. The monoisotopic (exact) mass is 264 g/mol. The zero-order valence-corrected chi connectivity index (χ0v) is 13.0. The molecule has 1 rings (SSSR count). The van der Waals surface area contributed by atoms with Crippen LogP contribution in [0.2, 0.25) is 0 Å². The SMILES string of the molecule is C=C\C=C(/C(C)=C(C)/C(C)=C(\C)C=C)c1ccccc1. The lowest BCUT2D eigenvalue weighted by atomic mass is 9.91. The third-order valence-corrected chi connectivity index (χ3v) is 3.80. The minimum absolute atomic E-state index is 1.22. The highest BCUT2D eigenvalue weighted by atomic mass is 14.1. The number of benzene rings is 1. The molecule has 0 atom stereocenters. The van der Waals surface area contributed by atoms with Gasteiger partial charge in [-0.05, 0) is 61.1 Å². The Hall–Kier alpha value is -2.08. The molecule has 0 aromatic heterocycles. The maximum absolute atomic E-state index is 3.85. The maximum atomic E-state index is 3.85. The zero-order valence-electron chi connectivity index (χ0n) is 13.0. The van der Waals surface area contributed by atoms with Crippen LogP contribution in [0.25, 0.3) is 5.57 Å². The molecular formula is C20H24. The van der Waals surface area contributed by atoms with Crippen LogP contribution in [0, 0.1) is 0 Å². The number of hydrogen-bond donors (Lipinski definition) is 0. The summed E-state index contributed by atoms with van der Waals surface area (Å²) in [6.45, 7) is 16.3. The van der Waals surface area contributed by atoms with Gasteiger partial charge >= 0.3 is 0 Å². The smallest absolute Gasteiger partial charge is 0.0152 e. The van der Waals surface area contributed by atoms with Crippen molar-refractivity contribution < 1.29 is 0 Å². The summed E-state index contributed by atoms with van der Waals surface area (Å²) in [6.07, 6.45) is 5.83. The molecule has 1 aromatic rings. The van der Waals surface area contributed by atoms with Crippen LogP contribution in [0.15, 0.2) is 84.0 Å². The van der Waals surface area contributed by atoms with E-state index in [1.54, 1.807) is 0 Å². The quantitative estimate of drug-likeness (QED) is 0.562. The van der Waals surface area contributed by atoms with Crippen molar-refractivity contribution in [3.8, 4) is 0 Å². The lowest BCUT2D eigenvalue weighted by Crippen LogP contribution is -1.93. The molecule has 0 aliphatic carbocycles. The van der Waals surface area contributed by atoms with E-state index in [1.165, 1.54) is 33.4 Å². The lowest BCUT2D eigenvalue weighted by molar-refractivity contribution is 1.23. The summed E-state index contributed by atoms with van der Waals surface area (Å²) < 4.78 is 0. The van der Waals surface area contributed by atoms with Crippen LogP contribution >= 0.6 is 0 Å². The van der Waals surface area contributed by atoms with E-state index in [9.17, 15) is 0 Å². The Morgan fingerprint density at radius 3 is 1.95 bits per heavy atom. The molecule has 0 aliphatic rings. The normalized spacial score (nSPS) is 14.3. The molecule has 104 valence electrons. The second kappa shape index (κ2) is 7.49. The third-order valence-electron chi connectivity index (χ3n) is 3.80. The number of rotatable bonds is 5. The minimum Gasteiger partial charge on any atom is -0.0990 e. The van der Waals surface area contributed by atoms with Gasteiger partial charge in [0.25, 0.3) is 0 Å². The molecular weight excluding hydrogens is 240 g/mol. The van der Waals surface area contributed by atoms with Crippen molar-refractivity contribution in [2.24, 2.45) is 0 Å². The molecule has 0 radical (unpaired) electrons. The summed E-state index contributed by atoms with van der Waals surface area (Å²) in [6, 6.07) is 10.4. The van der Waals surface area contributed by atoms with E-state index >= 15 is 0 Å². The molecule has 0 amide bonds. The fourth-order valence-electron chi connectivity index (χ4n) is 2.11. The van der Waals surface area contributed by atoms with Gasteiger partial charge in [-0.3, -0.25) is 0 Å². The summed E-state index contributed by atoms with van der Waals surface area (Å²) in [7, 11) is 0. The second-order valence-corrected chi connectivity index (χ2v) is 4.94. The first-order valence-corrected chi connectivity index (χ1v) is 6.89. The second-order valence-electron chi connectivity index (χ2n) is 4.94. The van der Waals surface area contributed by atoms with Crippen molar-refractivity contribution in [3.05, 3.63) is 89.6 Å². The largest absolute Gasteiger partial charge is 0.0990 e. The number of allylic oxidation sites excluding steroid dienone is 8. The Balaban J connectivity index is 3.41. The van der Waals surface area contributed by atoms with E-state index in [-0.39, 0.29) is 0 Å². The van der Waals surface area contributed by atoms with Crippen molar-refractivity contribution in [3.63, 3.8) is 0 Å². The van der Waals surface area contributed by atoms with Gasteiger partial charge in [-0.1, -0.05) is 61.7 Å². The van der Waals surface area contributed by atoms with Gasteiger partial charge < -0.3 is 0 Å². The van der Waals surface area contributed by atoms with E-state index in [2.05, 4.69) is 71.2 Å². The molecule has 20 heavy (non-hydrogen) atoms. The fourth-order valence-corrected chi connectivity index (χ4v) is 2.11. The highest BCUT2D eigenvalue weighted by molar-refractivity contribution is 5.81. The summed E-state index contributed by atoms with van der Waals surface area (Å²) in [5, 5.41) is 0. The molecule has 0 unspecified atom stereocenters. The van der Waals surface area contributed by atoms with Crippen molar-refractivity contribution in [1.82, 2.24) is 0 Å². The Bertz CT molecular complexity index is 578. The van der Waals surface area contributed by atoms with Crippen LogP contribution < -0.4 is 0 Å². The van der Waals surface area contributed by atoms with Crippen molar-refractivity contribution >= 4 is 5.57 Å². The molecule has 0 bridgehead atoms. The van der Waals surface area contributed by atoms with Gasteiger partial charge in [0, 0.05) is 0 Å². The van der Waals surface area contributed by atoms with E-state index in [1.807, 2.05) is 18.2 Å². The van der Waals surface area contributed by atoms with Crippen molar-refractivity contribution in [2.75, 3.05) is 0 Å². The van der Waals surface area contributed by atoms with Gasteiger partial charge in [0.05, 0.1) is 0 Å². The summed E-state index contributed by atoms with van der Waals surface area (Å²) in [4.78, 5) is 0. The molecule has 0 aliphatic heterocycles. The van der Waals surface area contributed by atoms with E-state index in [0.29, 0.717) is 0 Å². The average Bonchev–Trinajstić information content (AvgIpc) is 2.50. The summed E-state index contributed by atoms with van der Waals surface area (Å²) in [5.41, 5.74) is 7.49. The van der Waals surface area contributed by atoms with Gasteiger partial charge in [-0.2, -0.15) is 0 Å². The van der Waals surface area contributed by atoms with Crippen LogP contribution in [0.3, 0.4) is 0 Å². The van der Waals surface area contributed by atoms with Gasteiger partial charge in [-0.25, -0.2) is 0 Å². The molecule has 1 aromatic carbocycles. The molecule has 0 heteroatoms. The van der Waals surface area contributed by atoms with E-state index in [0.717, 1.165) is 0 Å².